The van der Waals surface area contributed by atoms with Crippen molar-refractivity contribution in [2.45, 2.75) is 6.54 Å². The summed E-state index contributed by atoms with van der Waals surface area (Å²) in [5.41, 5.74) is 0.839. The fourth-order valence-electron chi connectivity index (χ4n) is 1.74. The zero-order chi connectivity index (χ0) is 16.0. The molecule has 0 unspecified atom stereocenters. The fraction of sp³-hybridized carbons (Fsp3) is 0.308. The monoisotopic (exact) mass is 358 g/mol. The predicted octanol–water partition coefficient (Wildman–Crippen LogP) is 1.47. The first-order chi connectivity index (χ1) is 9.79. The maximum atomic E-state index is 12.1. The van der Waals surface area contributed by atoms with E-state index in [0.29, 0.717) is 0 Å². The Kier molecular flexibility index (Phi) is 6.16. The fourth-order valence-corrected chi connectivity index (χ4v) is 2.18. The molecular formula is C13H15BrN2O5. The van der Waals surface area contributed by atoms with E-state index in [9.17, 15) is 14.4 Å². The Morgan fingerprint density at radius 1 is 1.14 bits per heavy atom. The van der Waals surface area contributed by atoms with Crippen molar-refractivity contribution in [3.8, 4) is 0 Å². The maximum absolute atomic E-state index is 12.1. The Morgan fingerprint density at radius 2 is 1.71 bits per heavy atom. The second kappa shape index (κ2) is 7.63. The lowest BCUT2D eigenvalue weighted by molar-refractivity contribution is -0.140. The van der Waals surface area contributed by atoms with E-state index in [0.717, 1.165) is 14.9 Å². The van der Waals surface area contributed by atoms with E-state index in [1.807, 2.05) is 24.3 Å². The molecule has 7 nitrogen and oxygen atoms in total. The van der Waals surface area contributed by atoms with E-state index >= 15 is 0 Å². The van der Waals surface area contributed by atoms with Crippen molar-refractivity contribution in [3.63, 3.8) is 0 Å². The number of benzene rings is 1. The third-order valence-corrected chi connectivity index (χ3v) is 3.05. The van der Waals surface area contributed by atoms with Crippen molar-refractivity contribution < 1.29 is 24.6 Å². The van der Waals surface area contributed by atoms with Crippen LogP contribution in [-0.4, -0.2) is 58.1 Å². The number of hydrogen-bond donors (Lipinski definition) is 2. The van der Waals surface area contributed by atoms with E-state index in [-0.39, 0.29) is 6.54 Å². The first kappa shape index (κ1) is 17.0. The molecule has 0 radical (unpaired) electrons. The largest absolute Gasteiger partial charge is 0.480 e. The number of carbonyl (C=O) groups excluding carboxylic acids is 1. The van der Waals surface area contributed by atoms with Gasteiger partial charge in [0.25, 0.3) is 0 Å². The first-order valence-corrected chi connectivity index (χ1v) is 6.77. The molecule has 0 bridgehead atoms. The molecule has 0 aliphatic carbocycles. The number of carbonyl (C=O) groups is 3. The number of nitrogens with zero attached hydrogens (tertiary/aromatic N) is 2. The van der Waals surface area contributed by atoms with Crippen molar-refractivity contribution in [3.05, 3.63) is 34.3 Å². The molecule has 1 aromatic rings. The van der Waals surface area contributed by atoms with Crippen LogP contribution >= 0.6 is 15.9 Å². The molecule has 0 heterocycles. The summed E-state index contributed by atoms with van der Waals surface area (Å²) in [7, 11) is 1.49. The average Bonchev–Trinajstić information content (AvgIpc) is 2.35. The lowest BCUT2D eigenvalue weighted by atomic mass is 10.2. The summed E-state index contributed by atoms with van der Waals surface area (Å²) in [6, 6.07) is 6.63. The van der Waals surface area contributed by atoms with E-state index in [1.54, 1.807) is 0 Å². The van der Waals surface area contributed by atoms with E-state index < -0.39 is 31.1 Å². The minimum atomic E-state index is -1.26. The van der Waals surface area contributed by atoms with Gasteiger partial charge in [0.2, 0.25) is 0 Å². The third kappa shape index (κ3) is 5.82. The summed E-state index contributed by atoms with van der Waals surface area (Å²) in [5, 5.41) is 17.5. The van der Waals surface area contributed by atoms with Gasteiger partial charge in [-0.3, -0.25) is 9.59 Å². The highest BCUT2D eigenvalue weighted by Gasteiger charge is 2.22. The van der Waals surface area contributed by atoms with Gasteiger partial charge in [-0.2, -0.15) is 0 Å². The molecule has 8 heteroatoms. The summed E-state index contributed by atoms with van der Waals surface area (Å²) in [5.74, 6) is -2.53. The van der Waals surface area contributed by atoms with Gasteiger partial charge in [-0.25, -0.2) is 4.79 Å². The Balaban J connectivity index is 2.77. The van der Waals surface area contributed by atoms with Crippen LogP contribution in [0.3, 0.4) is 0 Å². The molecular weight excluding hydrogens is 344 g/mol. The lowest BCUT2D eigenvalue weighted by Gasteiger charge is -2.25. The van der Waals surface area contributed by atoms with Crippen LogP contribution in [0.25, 0.3) is 0 Å². The van der Waals surface area contributed by atoms with Gasteiger partial charge in [0, 0.05) is 18.1 Å². The quantitative estimate of drug-likeness (QED) is 0.802. The smallest absolute Gasteiger partial charge is 0.323 e. The van der Waals surface area contributed by atoms with Gasteiger partial charge in [0.05, 0.1) is 0 Å². The zero-order valence-electron chi connectivity index (χ0n) is 11.3. The molecule has 0 fully saturated rings. The molecule has 114 valence electrons. The molecule has 0 atom stereocenters. The maximum Gasteiger partial charge on any atom is 0.323 e. The molecule has 0 saturated carbocycles. The van der Waals surface area contributed by atoms with Crippen LogP contribution in [0.2, 0.25) is 0 Å². The second-order valence-corrected chi connectivity index (χ2v) is 5.33. The lowest BCUT2D eigenvalue weighted by Crippen LogP contribution is -2.45. The van der Waals surface area contributed by atoms with E-state index in [1.165, 1.54) is 11.9 Å². The van der Waals surface area contributed by atoms with Gasteiger partial charge >= 0.3 is 18.0 Å². The normalized spacial score (nSPS) is 10.0. The Labute approximate surface area is 129 Å². The number of hydrogen-bond acceptors (Lipinski definition) is 3. The van der Waals surface area contributed by atoms with Crippen LogP contribution in [0.1, 0.15) is 5.56 Å². The predicted molar refractivity (Wildman–Crippen MR) is 77.8 cm³/mol. The highest BCUT2D eigenvalue weighted by molar-refractivity contribution is 9.10. The van der Waals surface area contributed by atoms with Gasteiger partial charge in [0.1, 0.15) is 13.1 Å². The number of amides is 2. The molecule has 0 aromatic heterocycles. The zero-order valence-corrected chi connectivity index (χ0v) is 12.9. The molecule has 0 aliphatic heterocycles. The molecule has 0 saturated heterocycles. The van der Waals surface area contributed by atoms with Crippen LogP contribution in [0.4, 0.5) is 4.79 Å². The van der Waals surface area contributed by atoms with Crippen molar-refractivity contribution in [1.29, 1.82) is 0 Å². The minimum absolute atomic E-state index is 0.244. The third-order valence-electron chi connectivity index (χ3n) is 2.56. The van der Waals surface area contributed by atoms with E-state index in [2.05, 4.69) is 15.9 Å². The molecule has 1 aromatic carbocycles. The van der Waals surface area contributed by atoms with Crippen LogP contribution in [0.15, 0.2) is 28.7 Å². The second-order valence-electron chi connectivity index (χ2n) is 4.41. The van der Waals surface area contributed by atoms with Gasteiger partial charge < -0.3 is 20.0 Å². The Morgan fingerprint density at radius 3 is 2.19 bits per heavy atom. The molecule has 0 spiro atoms. The van der Waals surface area contributed by atoms with Gasteiger partial charge in [-0.05, 0) is 17.7 Å². The first-order valence-electron chi connectivity index (χ1n) is 5.97. The minimum Gasteiger partial charge on any atom is -0.480 e. The number of urea groups is 1. The summed E-state index contributed by atoms with van der Waals surface area (Å²) >= 11 is 3.31. The summed E-state index contributed by atoms with van der Waals surface area (Å²) in [6.07, 6.45) is 0. The van der Waals surface area contributed by atoms with E-state index in [4.69, 9.17) is 10.2 Å². The van der Waals surface area contributed by atoms with Crippen LogP contribution < -0.4 is 0 Å². The number of halogens is 1. The highest BCUT2D eigenvalue weighted by atomic mass is 79.9. The SMILES string of the molecule is CN(Cc1cccc(Br)c1)C(=O)N(CC(=O)O)CC(=O)O. The Hall–Kier alpha value is -2.09. The number of rotatable bonds is 6. The number of aliphatic carboxylic acids is 2. The molecule has 0 aliphatic rings. The highest BCUT2D eigenvalue weighted by Crippen LogP contribution is 2.13. The number of carboxylic acid groups (broad SMARTS) is 2. The summed E-state index contributed by atoms with van der Waals surface area (Å²) in [4.78, 5) is 35.6. The average molecular weight is 359 g/mol. The van der Waals surface area contributed by atoms with Crippen LogP contribution in [0, 0.1) is 0 Å². The topological polar surface area (TPSA) is 98.2 Å². The van der Waals surface area contributed by atoms with Gasteiger partial charge in [-0.15, -0.1) is 0 Å². The van der Waals surface area contributed by atoms with Crippen molar-refractivity contribution in [1.82, 2.24) is 9.80 Å². The number of carboxylic acids is 2. The van der Waals surface area contributed by atoms with Crippen molar-refractivity contribution >= 4 is 33.9 Å². The van der Waals surface area contributed by atoms with Crippen LogP contribution in [-0.2, 0) is 16.1 Å². The van der Waals surface area contributed by atoms with Crippen LogP contribution in [0.5, 0.6) is 0 Å². The Bertz CT molecular complexity index is 533. The summed E-state index contributed by atoms with van der Waals surface area (Å²) in [6.45, 7) is -1.07. The summed E-state index contributed by atoms with van der Waals surface area (Å²) < 4.78 is 0.855. The molecule has 2 amide bonds. The van der Waals surface area contributed by atoms with Gasteiger partial charge in [0.15, 0.2) is 0 Å². The molecule has 21 heavy (non-hydrogen) atoms. The van der Waals surface area contributed by atoms with Crippen molar-refractivity contribution in [2.24, 2.45) is 0 Å². The van der Waals surface area contributed by atoms with Crippen molar-refractivity contribution in [2.75, 3.05) is 20.1 Å². The van der Waals surface area contributed by atoms with Gasteiger partial charge in [-0.1, -0.05) is 28.1 Å². The molecule has 2 N–H and O–H groups in total. The standard InChI is InChI=1S/C13H15BrN2O5/c1-15(6-9-3-2-4-10(14)5-9)13(21)16(7-11(17)18)8-12(19)20/h2-5H,6-8H2,1H3,(H,17,18)(H,19,20). The molecule has 1 rings (SSSR count).